The van der Waals surface area contributed by atoms with Gasteiger partial charge in [0.05, 0.1) is 17.6 Å². The summed E-state index contributed by atoms with van der Waals surface area (Å²) in [6.45, 7) is 4.55. The van der Waals surface area contributed by atoms with Gasteiger partial charge in [-0.05, 0) is 35.8 Å². The minimum Gasteiger partial charge on any atom is -0.506 e. The van der Waals surface area contributed by atoms with Crippen molar-refractivity contribution in [3.8, 4) is 17.0 Å². The Morgan fingerprint density at radius 3 is 2.75 bits per heavy atom. The third-order valence-electron chi connectivity index (χ3n) is 6.51. The zero-order chi connectivity index (χ0) is 21.9. The maximum absolute atomic E-state index is 10.3. The first-order valence-electron chi connectivity index (χ1n) is 10.7. The first kappa shape index (κ1) is 18.8. The monoisotopic (exact) mass is 418 g/mol. The number of allylic oxidation sites excluding steroid dienone is 3. The molecule has 1 aliphatic carbocycles. The van der Waals surface area contributed by atoms with Crippen LogP contribution < -0.4 is 4.90 Å². The number of hydrogen-bond donors (Lipinski definition) is 1. The first-order chi connectivity index (χ1) is 15.5. The number of benzene rings is 2. The van der Waals surface area contributed by atoms with Crippen molar-refractivity contribution in [2.75, 3.05) is 4.90 Å². The number of para-hydroxylation sites is 1. The molecule has 2 aromatic carbocycles. The number of phenols is 1. The summed E-state index contributed by atoms with van der Waals surface area (Å²) in [4.78, 5) is 15.9. The van der Waals surface area contributed by atoms with Gasteiger partial charge < -0.3 is 5.11 Å². The molecule has 3 heterocycles. The zero-order valence-electron chi connectivity index (χ0n) is 17.9. The van der Waals surface area contributed by atoms with E-state index in [1.54, 1.807) is 24.7 Å². The molecule has 0 atom stereocenters. The molecule has 1 aliphatic heterocycles. The van der Waals surface area contributed by atoms with Crippen LogP contribution in [-0.4, -0.2) is 20.1 Å². The normalized spacial score (nSPS) is 16.4. The number of hydrogen-bond acceptors (Lipinski definition) is 5. The average molecular weight is 419 g/mol. The van der Waals surface area contributed by atoms with Crippen molar-refractivity contribution in [3.05, 3.63) is 96.1 Å². The lowest BCUT2D eigenvalue weighted by Crippen LogP contribution is -2.35. The molecule has 5 nitrogen and oxygen atoms in total. The number of pyridine rings is 1. The fraction of sp³-hybridized carbons (Fsp3) is 0.148. The number of phenolic OH excluding ortho intramolecular Hbond substituents is 1. The molecule has 2 aromatic heterocycles. The number of aromatic nitrogens is 3. The minimum absolute atomic E-state index is 0.121. The van der Waals surface area contributed by atoms with E-state index in [1.165, 1.54) is 16.8 Å². The van der Waals surface area contributed by atoms with Crippen molar-refractivity contribution in [2.45, 2.75) is 25.7 Å². The number of rotatable bonds is 2. The molecule has 0 radical (unpaired) electrons. The molecule has 0 amide bonds. The van der Waals surface area contributed by atoms with E-state index in [4.69, 9.17) is 4.98 Å². The molecule has 2 aliphatic rings. The van der Waals surface area contributed by atoms with E-state index in [1.807, 2.05) is 24.3 Å². The summed E-state index contributed by atoms with van der Waals surface area (Å²) in [5.74, 6) is 0.986. The highest BCUT2D eigenvalue weighted by molar-refractivity contribution is 5.88. The largest absolute Gasteiger partial charge is 0.506 e. The van der Waals surface area contributed by atoms with Crippen LogP contribution in [0.15, 0.2) is 90.5 Å². The number of aromatic hydroxyl groups is 1. The fourth-order valence-corrected chi connectivity index (χ4v) is 4.92. The molecule has 5 heteroatoms. The molecule has 0 saturated carbocycles. The standard InChI is InChI=1S/C27H22N4O/c1-27(2)19-6-4-7-22(19)31(25-16-28-13-14-29-25)23-15-18(9-11-20(23)27)21-12-10-17-5-3-8-24(32)26(17)30-21/h3,5-16,32H,4H2,1-2H3. The second-order valence-electron chi connectivity index (χ2n) is 8.74. The maximum Gasteiger partial charge on any atom is 0.156 e. The van der Waals surface area contributed by atoms with Gasteiger partial charge in [0.2, 0.25) is 0 Å². The van der Waals surface area contributed by atoms with Crippen LogP contribution >= 0.6 is 0 Å². The molecule has 0 spiro atoms. The zero-order valence-corrected chi connectivity index (χ0v) is 17.9. The lowest BCUT2D eigenvalue weighted by molar-refractivity contribution is 0.480. The summed E-state index contributed by atoms with van der Waals surface area (Å²) < 4.78 is 0. The molecular formula is C27H22N4O. The maximum atomic E-state index is 10.3. The number of fused-ring (bicyclic) bond motifs is 3. The van der Waals surface area contributed by atoms with E-state index >= 15 is 0 Å². The summed E-state index contributed by atoms with van der Waals surface area (Å²) >= 11 is 0. The Labute approximate surface area is 186 Å². The summed E-state index contributed by atoms with van der Waals surface area (Å²) in [6, 6.07) is 16.0. The first-order valence-corrected chi connectivity index (χ1v) is 10.7. The van der Waals surface area contributed by atoms with Gasteiger partial charge in [0, 0.05) is 34.5 Å². The molecule has 4 aromatic rings. The predicted molar refractivity (Wildman–Crippen MR) is 127 cm³/mol. The van der Waals surface area contributed by atoms with E-state index in [0.29, 0.717) is 5.52 Å². The van der Waals surface area contributed by atoms with E-state index < -0.39 is 0 Å². The summed E-state index contributed by atoms with van der Waals surface area (Å²) in [7, 11) is 0. The molecule has 0 fully saturated rings. The smallest absolute Gasteiger partial charge is 0.156 e. The van der Waals surface area contributed by atoms with Gasteiger partial charge in [-0.2, -0.15) is 0 Å². The van der Waals surface area contributed by atoms with Gasteiger partial charge in [0.25, 0.3) is 0 Å². The van der Waals surface area contributed by atoms with Gasteiger partial charge in [-0.25, -0.2) is 9.97 Å². The van der Waals surface area contributed by atoms with E-state index in [-0.39, 0.29) is 11.2 Å². The Bertz CT molecular complexity index is 1440. The van der Waals surface area contributed by atoms with Crippen molar-refractivity contribution in [1.29, 1.82) is 0 Å². The highest BCUT2D eigenvalue weighted by atomic mass is 16.3. The lowest BCUT2D eigenvalue weighted by Gasteiger charge is -2.42. The molecule has 0 bridgehead atoms. The van der Waals surface area contributed by atoms with Crippen molar-refractivity contribution in [2.24, 2.45) is 0 Å². The third kappa shape index (κ3) is 2.67. The topological polar surface area (TPSA) is 62.1 Å². The molecule has 156 valence electrons. The molecule has 0 saturated heterocycles. The van der Waals surface area contributed by atoms with Crippen LogP contribution in [-0.2, 0) is 5.41 Å². The van der Waals surface area contributed by atoms with Crippen LogP contribution in [0.25, 0.3) is 22.2 Å². The Morgan fingerprint density at radius 2 is 1.91 bits per heavy atom. The van der Waals surface area contributed by atoms with Crippen LogP contribution in [0.5, 0.6) is 5.75 Å². The van der Waals surface area contributed by atoms with Crippen molar-refractivity contribution in [1.82, 2.24) is 15.0 Å². The molecule has 6 rings (SSSR count). The molecule has 0 unspecified atom stereocenters. The van der Waals surface area contributed by atoms with Crippen LogP contribution in [0.1, 0.15) is 25.8 Å². The number of anilines is 2. The summed E-state index contributed by atoms with van der Waals surface area (Å²) in [6.07, 6.45) is 10.7. The van der Waals surface area contributed by atoms with Gasteiger partial charge in [-0.3, -0.25) is 9.88 Å². The fourth-order valence-electron chi connectivity index (χ4n) is 4.92. The second-order valence-corrected chi connectivity index (χ2v) is 8.74. The van der Waals surface area contributed by atoms with Crippen molar-refractivity contribution >= 4 is 22.4 Å². The number of nitrogens with zero attached hydrogens (tertiary/aromatic N) is 4. The SMILES string of the molecule is CC1(C)C2=CCC=C2N(c2cnccn2)c2cc(-c3ccc4cccc(O)c4n3)ccc21. The quantitative estimate of drug-likeness (QED) is 0.430. The van der Waals surface area contributed by atoms with E-state index in [9.17, 15) is 5.11 Å². The highest BCUT2D eigenvalue weighted by Gasteiger charge is 2.41. The van der Waals surface area contributed by atoms with Gasteiger partial charge in [-0.1, -0.05) is 56.3 Å². The van der Waals surface area contributed by atoms with Crippen molar-refractivity contribution < 1.29 is 5.11 Å². The van der Waals surface area contributed by atoms with Gasteiger partial charge in [0.1, 0.15) is 11.3 Å². The third-order valence-corrected chi connectivity index (χ3v) is 6.51. The molecule has 1 N–H and O–H groups in total. The average Bonchev–Trinajstić information content (AvgIpc) is 3.31. The van der Waals surface area contributed by atoms with Crippen LogP contribution in [0.4, 0.5) is 11.5 Å². The predicted octanol–water partition coefficient (Wildman–Crippen LogP) is 6.04. The summed E-state index contributed by atoms with van der Waals surface area (Å²) in [5, 5.41) is 11.2. The Balaban J connectivity index is 1.58. The molecular weight excluding hydrogens is 396 g/mol. The highest BCUT2D eigenvalue weighted by Crippen LogP contribution is 2.52. The van der Waals surface area contributed by atoms with Gasteiger partial charge >= 0.3 is 0 Å². The summed E-state index contributed by atoms with van der Waals surface area (Å²) in [5.41, 5.74) is 7.10. The van der Waals surface area contributed by atoms with E-state index in [2.05, 4.69) is 59.1 Å². The lowest BCUT2D eigenvalue weighted by atomic mass is 9.72. The van der Waals surface area contributed by atoms with Gasteiger partial charge in [0.15, 0.2) is 5.82 Å². The van der Waals surface area contributed by atoms with Crippen LogP contribution in [0.2, 0.25) is 0 Å². The molecule has 32 heavy (non-hydrogen) atoms. The second kappa shape index (κ2) is 6.76. The Morgan fingerprint density at radius 1 is 1.00 bits per heavy atom. The van der Waals surface area contributed by atoms with Crippen LogP contribution in [0, 0.1) is 0 Å². The van der Waals surface area contributed by atoms with Crippen molar-refractivity contribution in [3.63, 3.8) is 0 Å². The minimum atomic E-state index is -0.121. The Kier molecular flexibility index (Phi) is 3.96. The van der Waals surface area contributed by atoms with E-state index in [0.717, 1.165) is 34.6 Å². The Hall–Kier alpha value is -3.99. The van der Waals surface area contributed by atoms with Gasteiger partial charge in [-0.15, -0.1) is 0 Å². The van der Waals surface area contributed by atoms with Crippen LogP contribution in [0.3, 0.4) is 0 Å².